The standard InChI is InChI=1S/C17H31N3O4S2/c1-17(2,3)26(23,24)20-13-6-4-5-12-19-14-11-15-7-9-16(10-8-15)25(18,21)22/h7-10,19-20H,4-6,11-14H2,1-3H3,(H2,18,21,22). The summed E-state index contributed by atoms with van der Waals surface area (Å²) in [6.45, 7) is 7.17. The van der Waals surface area contributed by atoms with E-state index in [2.05, 4.69) is 10.0 Å². The van der Waals surface area contributed by atoms with Crippen LogP contribution in [0.3, 0.4) is 0 Å². The summed E-state index contributed by atoms with van der Waals surface area (Å²) in [5.74, 6) is 0. The molecule has 0 saturated heterocycles. The molecule has 0 bridgehead atoms. The second-order valence-corrected chi connectivity index (χ2v) is 11.3. The Labute approximate surface area is 157 Å². The van der Waals surface area contributed by atoms with Gasteiger partial charge in [-0.3, -0.25) is 0 Å². The molecule has 0 radical (unpaired) electrons. The largest absolute Gasteiger partial charge is 0.316 e. The quantitative estimate of drug-likeness (QED) is 0.480. The molecular weight excluding hydrogens is 374 g/mol. The maximum Gasteiger partial charge on any atom is 0.238 e. The number of unbranched alkanes of at least 4 members (excludes halogenated alkanes) is 2. The minimum Gasteiger partial charge on any atom is -0.316 e. The van der Waals surface area contributed by atoms with Gasteiger partial charge in [-0.25, -0.2) is 26.7 Å². The zero-order chi connectivity index (χ0) is 19.8. The molecule has 150 valence electrons. The van der Waals surface area contributed by atoms with Crippen molar-refractivity contribution in [2.45, 2.75) is 56.1 Å². The first kappa shape index (κ1) is 23.0. The van der Waals surface area contributed by atoms with Gasteiger partial charge >= 0.3 is 0 Å². The van der Waals surface area contributed by atoms with E-state index in [1.165, 1.54) is 12.1 Å². The third-order valence-corrected chi connectivity index (χ3v) is 7.10. The van der Waals surface area contributed by atoms with Crippen LogP contribution in [-0.4, -0.2) is 41.2 Å². The van der Waals surface area contributed by atoms with Crippen molar-refractivity contribution in [3.05, 3.63) is 29.8 Å². The molecule has 1 aromatic rings. The lowest BCUT2D eigenvalue weighted by molar-refractivity contribution is 0.538. The molecule has 0 atom stereocenters. The maximum atomic E-state index is 11.9. The molecular formula is C17H31N3O4S2. The molecule has 0 aliphatic carbocycles. The van der Waals surface area contributed by atoms with Crippen LogP contribution in [0.1, 0.15) is 45.6 Å². The number of hydrogen-bond acceptors (Lipinski definition) is 5. The van der Waals surface area contributed by atoms with E-state index in [9.17, 15) is 16.8 Å². The zero-order valence-electron chi connectivity index (χ0n) is 15.8. The molecule has 4 N–H and O–H groups in total. The Balaban J connectivity index is 2.11. The molecule has 0 aliphatic heterocycles. The Kier molecular flexibility index (Phi) is 8.68. The van der Waals surface area contributed by atoms with Crippen molar-refractivity contribution in [2.75, 3.05) is 19.6 Å². The molecule has 1 aromatic carbocycles. The van der Waals surface area contributed by atoms with Crippen molar-refractivity contribution in [3.8, 4) is 0 Å². The predicted octanol–water partition coefficient (Wildman–Crippen LogP) is 1.35. The smallest absolute Gasteiger partial charge is 0.238 e. The molecule has 26 heavy (non-hydrogen) atoms. The second-order valence-electron chi connectivity index (χ2n) is 7.26. The molecule has 1 rings (SSSR count). The molecule has 0 saturated carbocycles. The number of benzene rings is 1. The van der Waals surface area contributed by atoms with Gasteiger partial charge in [-0.2, -0.15) is 0 Å². The van der Waals surface area contributed by atoms with Gasteiger partial charge in [-0.1, -0.05) is 18.6 Å². The van der Waals surface area contributed by atoms with Gasteiger partial charge < -0.3 is 5.32 Å². The summed E-state index contributed by atoms with van der Waals surface area (Å²) < 4.78 is 48.0. The molecule has 0 aliphatic rings. The van der Waals surface area contributed by atoms with Crippen molar-refractivity contribution in [3.63, 3.8) is 0 Å². The van der Waals surface area contributed by atoms with Crippen LogP contribution >= 0.6 is 0 Å². The fraction of sp³-hybridized carbons (Fsp3) is 0.647. The topological polar surface area (TPSA) is 118 Å². The van der Waals surface area contributed by atoms with Gasteiger partial charge in [0.1, 0.15) is 0 Å². The Morgan fingerprint density at radius 2 is 1.46 bits per heavy atom. The lowest BCUT2D eigenvalue weighted by atomic mass is 10.1. The minimum atomic E-state index is -3.64. The van der Waals surface area contributed by atoms with Crippen molar-refractivity contribution in [1.29, 1.82) is 0 Å². The molecule has 0 aromatic heterocycles. The third kappa shape index (κ3) is 8.13. The summed E-state index contributed by atoms with van der Waals surface area (Å²) in [5, 5.41) is 8.39. The van der Waals surface area contributed by atoms with Gasteiger partial charge in [0.25, 0.3) is 0 Å². The lowest BCUT2D eigenvalue weighted by Gasteiger charge is -2.19. The highest BCUT2D eigenvalue weighted by Crippen LogP contribution is 2.13. The van der Waals surface area contributed by atoms with E-state index in [1.807, 2.05) is 0 Å². The van der Waals surface area contributed by atoms with Crippen LogP contribution in [-0.2, 0) is 26.5 Å². The van der Waals surface area contributed by atoms with Crippen molar-refractivity contribution >= 4 is 20.0 Å². The number of nitrogens with one attached hydrogen (secondary N) is 2. The van der Waals surface area contributed by atoms with E-state index in [4.69, 9.17) is 5.14 Å². The average molecular weight is 406 g/mol. The fourth-order valence-electron chi connectivity index (χ4n) is 2.18. The first-order valence-electron chi connectivity index (χ1n) is 8.75. The summed E-state index contributed by atoms with van der Waals surface area (Å²) in [7, 11) is -6.89. The normalized spacial score (nSPS) is 13.1. The Morgan fingerprint density at radius 1 is 0.885 bits per heavy atom. The van der Waals surface area contributed by atoms with E-state index in [0.29, 0.717) is 6.54 Å². The first-order valence-corrected chi connectivity index (χ1v) is 11.8. The molecule has 9 heteroatoms. The number of nitrogens with two attached hydrogens (primary N) is 1. The number of sulfonamides is 2. The van der Waals surface area contributed by atoms with Gasteiger partial charge in [0, 0.05) is 6.54 Å². The molecule has 0 spiro atoms. The number of rotatable bonds is 11. The Hall–Kier alpha value is -1.00. The molecule has 0 fully saturated rings. The van der Waals surface area contributed by atoms with Crippen molar-refractivity contribution in [1.82, 2.24) is 10.0 Å². The van der Waals surface area contributed by atoms with E-state index in [1.54, 1.807) is 32.9 Å². The summed E-state index contributed by atoms with van der Waals surface area (Å²) in [5.41, 5.74) is 1.04. The van der Waals surface area contributed by atoms with E-state index < -0.39 is 24.8 Å². The van der Waals surface area contributed by atoms with Crippen LogP contribution in [0.2, 0.25) is 0 Å². The Bertz CT molecular complexity index is 752. The SMILES string of the molecule is CC(C)(C)S(=O)(=O)NCCCCCNCCc1ccc(S(N)(=O)=O)cc1. The second kappa shape index (κ2) is 9.80. The van der Waals surface area contributed by atoms with Crippen LogP contribution in [0, 0.1) is 0 Å². The average Bonchev–Trinajstić information content (AvgIpc) is 2.51. The van der Waals surface area contributed by atoms with Gasteiger partial charge in [0.15, 0.2) is 0 Å². The van der Waals surface area contributed by atoms with E-state index in [0.717, 1.165) is 44.3 Å². The predicted molar refractivity (Wildman–Crippen MR) is 105 cm³/mol. The fourth-order valence-corrected chi connectivity index (χ4v) is 3.54. The van der Waals surface area contributed by atoms with Crippen LogP contribution in [0.5, 0.6) is 0 Å². The summed E-state index contributed by atoms with van der Waals surface area (Å²) >= 11 is 0. The highest BCUT2D eigenvalue weighted by atomic mass is 32.2. The highest BCUT2D eigenvalue weighted by molar-refractivity contribution is 7.90. The van der Waals surface area contributed by atoms with Gasteiger partial charge in [0.2, 0.25) is 20.0 Å². The summed E-state index contributed by atoms with van der Waals surface area (Å²) in [6, 6.07) is 6.57. The first-order chi connectivity index (χ1) is 11.9. The molecule has 7 nitrogen and oxygen atoms in total. The van der Waals surface area contributed by atoms with E-state index >= 15 is 0 Å². The van der Waals surface area contributed by atoms with Crippen LogP contribution in [0.25, 0.3) is 0 Å². The van der Waals surface area contributed by atoms with Crippen LogP contribution in [0.15, 0.2) is 29.2 Å². The summed E-state index contributed by atoms with van der Waals surface area (Å²) in [6.07, 6.45) is 3.53. The molecule has 0 amide bonds. The minimum absolute atomic E-state index is 0.122. The lowest BCUT2D eigenvalue weighted by Crippen LogP contribution is -2.39. The monoisotopic (exact) mass is 405 g/mol. The molecule has 0 heterocycles. The number of hydrogen-bond donors (Lipinski definition) is 3. The molecule has 0 unspecified atom stereocenters. The third-order valence-electron chi connectivity index (χ3n) is 3.97. The maximum absolute atomic E-state index is 11.9. The van der Waals surface area contributed by atoms with Crippen LogP contribution < -0.4 is 15.2 Å². The Morgan fingerprint density at radius 3 is 2.00 bits per heavy atom. The highest BCUT2D eigenvalue weighted by Gasteiger charge is 2.27. The van der Waals surface area contributed by atoms with Gasteiger partial charge in [0.05, 0.1) is 9.64 Å². The van der Waals surface area contributed by atoms with E-state index in [-0.39, 0.29) is 4.90 Å². The zero-order valence-corrected chi connectivity index (χ0v) is 17.4. The van der Waals surface area contributed by atoms with Crippen molar-refractivity contribution in [2.24, 2.45) is 5.14 Å². The van der Waals surface area contributed by atoms with Crippen molar-refractivity contribution < 1.29 is 16.8 Å². The summed E-state index contributed by atoms with van der Waals surface area (Å²) in [4.78, 5) is 0.122. The van der Waals surface area contributed by atoms with Gasteiger partial charge in [-0.05, 0) is 70.8 Å². The van der Waals surface area contributed by atoms with Crippen LogP contribution in [0.4, 0.5) is 0 Å². The number of primary sulfonamides is 1. The van der Waals surface area contributed by atoms with Gasteiger partial charge in [-0.15, -0.1) is 0 Å².